The van der Waals surface area contributed by atoms with Crippen molar-refractivity contribution in [1.82, 2.24) is 10.6 Å². The van der Waals surface area contributed by atoms with Gasteiger partial charge < -0.3 is 20.1 Å². The van der Waals surface area contributed by atoms with Gasteiger partial charge in [0.05, 0.1) is 0 Å². The fourth-order valence-electron chi connectivity index (χ4n) is 2.51. The molecule has 0 aromatic heterocycles. The number of carbonyl (C=O) groups is 2. The number of nitrogens with one attached hydrogen (secondary N) is 2. The van der Waals surface area contributed by atoms with E-state index in [1.54, 1.807) is 0 Å². The molecule has 2 aliphatic heterocycles. The zero-order valence-electron chi connectivity index (χ0n) is 12.9. The third-order valence-corrected chi connectivity index (χ3v) is 4.09. The van der Waals surface area contributed by atoms with Crippen molar-refractivity contribution in [1.29, 1.82) is 0 Å². The molecule has 0 aromatic rings. The van der Waals surface area contributed by atoms with Crippen LogP contribution >= 0.6 is 0 Å². The van der Waals surface area contributed by atoms with Crippen molar-refractivity contribution in [2.75, 3.05) is 19.8 Å². The molecule has 132 valence electrons. The standard InChI is InChI=1S/C14H21F3N2O4/c1-13(14(15,16)17,19-12(21)10-5-3-7-23-10)8-18-11(20)9-4-2-6-22-9/h9-10H,2-8H2,1H3,(H,18,20)(H,19,21)/t9-,10-,13+/m0/s1. The van der Waals surface area contributed by atoms with Gasteiger partial charge in [0.15, 0.2) is 5.54 Å². The fraction of sp³-hybridized carbons (Fsp3) is 0.857. The largest absolute Gasteiger partial charge is 0.412 e. The van der Waals surface area contributed by atoms with Crippen LogP contribution in [0.2, 0.25) is 0 Å². The fourth-order valence-corrected chi connectivity index (χ4v) is 2.51. The Morgan fingerprint density at radius 2 is 1.57 bits per heavy atom. The Hall–Kier alpha value is -1.35. The summed E-state index contributed by atoms with van der Waals surface area (Å²) in [7, 11) is 0. The normalized spacial score (nSPS) is 27.5. The third-order valence-electron chi connectivity index (χ3n) is 4.09. The van der Waals surface area contributed by atoms with E-state index in [0.29, 0.717) is 38.9 Å². The lowest BCUT2D eigenvalue weighted by molar-refractivity contribution is -0.194. The molecular formula is C14H21F3N2O4. The van der Waals surface area contributed by atoms with Crippen LogP contribution in [0.5, 0.6) is 0 Å². The molecule has 2 amide bonds. The molecule has 23 heavy (non-hydrogen) atoms. The van der Waals surface area contributed by atoms with Gasteiger partial charge in [-0.2, -0.15) is 13.2 Å². The first kappa shape index (κ1) is 18.0. The summed E-state index contributed by atoms with van der Waals surface area (Å²) in [5.74, 6) is -1.40. The van der Waals surface area contributed by atoms with Gasteiger partial charge in [0, 0.05) is 19.8 Å². The Kier molecular flexibility index (Phi) is 5.51. The number of hydrogen-bond acceptors (Lipinski definition) is 4. The van der Waals surface area contributed by atoms with E-state index >= 15 is 0 Å². The Morgan fingerprint density at radius 1 is 1.04 bits per heavy atom. The maximum absolute atomic E-state index is 13.3. The van der Waals surface area contributed by atoms with Crippen molar-refractivity contribution >= 4 is 11.8 Å². The van der Waals surface area contributed by atoms with Gasteiger partial charge in [0.2, 0.25) is 11.8 Å². The summed E-state index contributed by atoms with van der Waals surface area (Å²) in [5.41, 5.74) is -2.57. The highest BCUT2D eigenvalue weighted by Crippen LogP contribution is 2.30. The molecule has 3 atom stereocenters. The molecular weight excluding hydrogens is 317 g/mol. The second-order valence-corrected chi connectivity index (χ2v) is 6.04. The number of halogens is 3. The van der Waals surface area contributed by atoms with Crippen LogP contribution in [0.15, 0.2) is 0 Å². The summed E-state index contributed by atoms with van der Waals surface area (Å²) in [6.07, 6.45) is -4.10. The molecule has 2 fully saturated rings. The SMILES string of the molecule is C[C@](CNC(=O)[C@@H]1CCCO1)(NC(=O)[C@@H]1CCCO1)C(F)(F)F. The summed E-state index contributed by atoms with van der Waals surface area (Å²) < 4.78 is 50.2. The average Bonchev–Trinajstić information content (AvgIpc) is 3.15. The van der Waals surface area contributed by atoms with E-state index in [1.807, 2.05) is 5.32 Å². The van der Waals surface area contributed by atoms with Gasteiger partial charge in [-0.3, -0.25) is 9.59 Å². The second-order valence-electron chi connectivity index (χ2n) is 6.04. The van der Waals surface area contributed by atoms with E-state index in [1.165, 1.54) is 0 Å². The lowest BCUT2D eigenvalue weighted by Gasteiger charge is -2.34. The highest BCUT2D eigenvalue weighted by Gasteiger charge is 2.53. The lowest BCUT2D eigenvalue weighted by Crippen LogP contribution is -2.64. The van der Waals surface area contributed by atoms with E-state index in [-0.39, 0.29) is 0 Å². The molecule has 2 saturated heterocycles. The van der Waals surface area contributed by atoms with Crippen molar-refractivity contribution in [2.45, 2.75) is 56.5 Å². The van der Waals surface area contributed by atoms with Crippen LogP contribution in [-0.2, 0) is 19.1 Å². The Morgan fingerprint density at radius 3 is 2.00 bits per heavy atom. The number of ether oxygens (including phenoxy) is 2. The highest BCUT2D eigenvalue weighted by atomic mass is 19.4. The van der Waals surface area contributed by atoms with Crippen LogP contribution < -0.4 is 10.6 Å². The van der Waals surface area contributed by atoms with E-state index in [0.717, 1.165) is 6.92 Å². The maximum atomic E-state index is 13.3. The van der Waals surface area contributed by atoms with Gasteiger partial charge >= 0.3 is 6.18 Å². The summed E-state index contributed by atoms with van der Waals surface area (Å²) in [6, 6.07) is 0. The molecule has 0 unspecified atom stereocenters. The van der Waals surface area contributed by atoms with Crippen LogP contribution in [-0.4, -0.2) is 55.5 Å². The number of amides is 2. The smallest absolute Gasteiger partial charge is 0.368 e. The number of hydrogen-bond donors (Lipinski definition) is 2. The first-order chi connectivity index (χ1) is 10.7. The van der Waals surface area contributed by atoms with Crippen LogP contribution in [0.25, 0.3) is 0 Å². The predicted octanol–water partition coefficient (Wildman–Crippen LogP) is 0.898. The molecule has 0 aromatic carbocycles. The van der Waals surface area contributed by atoms with Gasteiger partial charge in [-0.15, -0.1) is 0 Å². The molecule has 2 rings (SSSR count). The monoisotopic (exact) mass is 338 g/mol. The van der Waals surface area contributed by atoms with Crippen LogP contribution in [0.4, 0.5) is 13.2 Å². The molecule has 2 aliphatic rings. The second kappa shape index (κ2) is 7.04. The van der Waals surface area contributed by atoms with Gasteiger partial charge in [0.1, 0.15) is 12.2 Å². The molecule has 0 saturated carbocycles. The van der Waals surface area contributed by atoms with Crippen molar-refractivity contribution in [3.63, 3.8) is 0 Å². The minimum atomic E-state index is -4.72. The summed E-state index contributed by atoms with van der Waals surface area (Å²) in [5, 5.41) is 4.20. The van der Waals surface area contributed by atoms with Gasteiger partial charge in [-0.1, -0.05) is 0 Å². The minimum Gasteiger partial charge on any atom is -0.368 e. The maximum Gasteiger partial charge on any atom is 0.412 e. The zero-order valence-corrected chi connectivity index (χ0v) is 12.9. The first-order valence-corrected chi connectivity index (χ1v) is 7.62. The predicted molar refractivity (Wildman–Crippen MR) is 73.6 cm³/mol. The van der Waals surface area contributed by atoms with E-state index in [2.05, 4.69) is 5.32 Å². The number of carbonyl (C=O) groups excluding carboxylic acids is 2. The number of rotatable bonds is 5. The van der Waals surface area contributed by atoms with Crippen LogP contribution in [0.3, 0.4) is 0 Å². The van der Waals surface area contributed by atoms with Gasteiger partial charge in [-0.25, -0.2) is 0 Å². The van der Waals surface area contributed by atoms with Crippen LogP contribution in [0.1, 0.15) is 32.6 Å². The van der Waals surface area contributed by atoms with Crippen molar-refractivity contribution in [3.8, 4) is 0 Å². The number of alkyl halides is 3. The van der Waals surface area contributed by atoms with E-state index < -0.39 is 42.3 Å². The Balaban J connectivity index is 1.97. The Bertz CT molecular complexity index is 446. The summed E-state index contributed by atoms with van der Waals surface area (Å²) >= 11 is 0. The minimum absolute atomic E-state index is 0.358. The molecule has 0 bridgehead atoms. The molecule has 2 heterocycles. The molecule has 0 spiro atoms. The highest BCUT2D eigenvalue weighted by molar-refractivity contribution is 5.83. The van der Waals surface area contributed by atoms with Gasteiger partial charge in [0.25, 0.3) is 0 Å². The van der Waals surface area contributed by atoms with E-state index in [4.69, 9.17) is 9.47 Å². The first-order valence-electron chi connectivity index (χ1n) is 7.62. The van der Waals surface area contributed by atoms with Crippen molar-refractivity contribution < 1.29 is 32.2 Å². The average molecular weight is 338 g/mol. The molecule has 9 heteroatoms. The Labute approximate surface area is 132 Å². The molecule has 0 aliphatic carbocycles. The summed E-state index contributed by atoms with van der Waals surface area (Å²) in [6.45, 7) is 0.865. The van der Waals surface area contributed by atoms with Crippen molar-refractivity contribution in [2.24, 2.45) is 0 Å². The van der Waals surface area contributed by atoms with Crippen molar-refractivity contribution in [3.05, 3.63) is 0 Å². The topological polar surface area (TPSA) is 76.7 Å². The van der Waals surface area contributed by atoms with E-state index in [9.17, 15) is 22.8 Å². The van der Waals surface area contributed by atoms with Gasteiger partial charge in [-0.05, 0) is 32.6 Å². The summed E-state index contributed by atoms with van der Waals surface area (Å²) in [4.78, 5) is 23.8. The third kappa shape index (κ3) is 4.35. The molecule has 2 N–H and O–H groups in total. The van der Waals surface area contributed by atoms with Crippen LogP contribution in [0, 0.1) is 0 Å². The molecule has 0 radical (unpaired) electrons. The molecule has 6 nitrogen and oxygen atoms in total. The quantitative estimate of drug-likeness (QED) is 0.781. The lowest BCUT2D eigenvalue weighted by atomic mass is 10.0. The zero-order chi connectivity index (χ0) is 17.1.